The van der Waals surface area contributed by atoms with Crippen molar-refractivity contribution in [1.82, 2.24) is 4.90 Å². The van der Waals surface area contributed by atoms with Crippen molar-refractivity contribution in [2.75, 3.05) is 18.0 Å². The monoisotopic (exact) mass is 439 g/mol. The van der Waals surface area contributed by atoms with E-state index >= 15 is 0 Å². The molecule has 162 valence electrons. The largest absolute Gasteiger partial charge is 0.366 e. The number of nitrogens with zero attached hydrogens (tertiary/aromatic N) is 2. The molecule has 2 amide bonds. The molecule has 4 rings (SSSR count). The summed E-state index contributed by atoms with van der Waals surface area (Å²) in [7, 11) is -3.87. The fraction of sp³-hybridized carbons (Fsp3) is 0.304. The number of nitrogens with two attached hydrogens (primary N) is 1. The van der Waals surface area contributed by atoms with Crippen LogP contribution in [0.3, 0.4) is 0 Å². The topological polar surface area (TPSA) is 101 Å². The number of amides is 2. The van der Waals surface area contributed by atoms with E-state index in [0.29, 0.717) is 47.4 Å². The van der Waals surface area contributed by atoms with Crippen LogP contribution in [0, 0.1) is 11.8 Å². The van der Waals surface area contributed by atoms with Crippen LogP contribution in [0.5, 0.6) is 0 Å². The van der Waals surface area contributed by atoms with Crippen LogP contribution < -0.4 is 10.0 Å². The number of piperidine rings is 1. The van der Waals surface area contributed by atoms with Crippen LogP contribution in [0.15, 0.2) is 65.2 Å². The summed E-state index contributed by atoms with van der Waals surface area (Å²) in [6.07, 6.45) is 1.07. The third kappa shape index (κ3) is 4.00. The minimum absolute atomic E-state index is 0.0782. The predicted octanol–water partition coefficient (Wildman–Crippen LogP) is 2.60. The molecule has 0 aliphatic carbocycles. The van der Waals surface area contributed by atoms with Crippen LogP contribution in [-0.4, -0.2) is 38.2 Å². The number of carbonyl (C=O) groups excluding carboxylic acids is 2. The zero-order valence-corrected chi connectivity index (χ0v) is 18.3. The lowest BCUT2D eigenvalue weighted by Crippen LogP contribution is -2.42. The molecule has 2 atom stereocenters. The van der Waals surface area contributed by atoms with E-state index in [0.717, 1.165) is 11.3 Å². The van der Waals surface area contributed by atoms with Gasteiger partial charge in [0.2, 0.25) is 10.0 Å². The van der Waals surface area contributed by atoms with Crippen LogP contribution in [0.2, 0.25) is 0 Å². The third-order valence-corrected chi connectivity index (χ3v) is 6.66. The Labute approximate surface area is 182 Å². The number of imide groups is 1. The van der Waals surface area contributed by atoms with Gasteiger partial charge in [-0.3, -0.25) is 9.59 Å². The predicted molar refractivity (Wildman–Crippen MR) is 118 cm³/mol. The molecule has 8 heteroatoms. The van der Waals surface area contributed by atoms with Crippen LogP contribution in [0.25, 0.3) is 5.57 Å². The highest BCUT2D eigenvalue weighted by atomic mass is 32.2. The van der Waals surface area contributed by atoms with Gasteiger partial charge in [0.15, 0.2) is 0 Å². The molecule has 0 saturated carbocycles. The average molecular weight is 440 g/mol. The summed E-state index contributed by atoms with van der Waals surface area (Å²) in [6, 6.07) is 14.7. The second-order valence-corrected chi connectivity index (χ2v) is 9.99. The van der Waals surface area contributed by atoms with Gasteiger partial charge in [0.25, 0.3) is 11.8 Å². The van der Waals surface area contributed by atoms with E-state index in [1.165, 1.54) is 24.3 Å². The Balaban J connectivity index is 1.79. The second kappa shape index (κ2) is 7.94. The summed E-state index contributed by atoms with van der Waals surface area (Å²) in [4.78, 5) is 30.1. The molecule has 7 nitrogen and oxygen atoms in total. The highest BCUT2D eigenvalue weighted by Gasteiger charge is 2.43. The lowest BCUT2D eigenvalue weighted by atomic mass is 9.91. The number of anilines is 1. The summed E-state index contributed by atoms with van der Waals surface area (Å²) in [5, 5.41) is 5.17. The number of hydrogen-bond donors (Lipinski definition) is 1. The smallest absolute Gasteiger partial charge is 0.282 e. The first-order chi connectivity index (χ1) is 14.7. The van der Waals surface area contributed by atoms with Gasteiger partial charge in [0.05, 0.1) is 16.2 Å². The average Bonchev–Trinajstić information content (AvgIpc) is 2.97. The van der Waals surface area contributed by atoms with E-state index < -0.39 is 21.8 Å². The maximum absolute atomic E-state index is 13.6. The fourth-order valence-corrected chi connectivity index (χ4v) is 5.06. The second-order valence-electron chi connectivity index (χ2n) is 8.43. The molecular weight excluding hydrogens is 414 g/mol. The van der Waals surface area contributed by atoms with Crippen molar-refractivity contribution in [2.24, 2.45) is 17.0 Å². The van der Waals surface area contributed by atoms with Gasteiger partial charge in [0.1, 0.15) is 5.70 Å². The summed E-state index contributed by atoms with van der Waals surface area (Å²) in [5.41, 5.74) is 1.78. The molecular formula is C23H25N3O4S. The molecule has 2 N–H and O–H groups in total. The molecule has 2 aliphatic rings. The van der Waals surface area contributed by atoms with Crippen molar-refractivity contribution in [3.05, 3.63) is 65.9 Å². The maximum atomic E-state index is 13.6. The Bertz CT molecular complexity index is 1150. The highest BCUT2D eigenvalue weighted by molar-refractivity contribution is 7.89. The zero-order valence-electron chi connectivity index (χ0n) is 17.5. The summed E-state index contributed by atoms with van der Waals surface area (Å²) in [5.74, 6) is -0.00696. The number of benzene rings is 2. The molecule has 2 heterocycles. The minimum Gasteiger partial charge on any atom is -0.366 e. The Kier molecular flexibility index (Phi) is 5.45. The van der Waals surface area contributed by atoms with Gasteiger partial charge in [-0.2, -0.15) is 0 Å². The lowest BCUT2D eigenvalue weighted by molar-refractivity contribution is -0.120. The molecule has 0 aromatic heterocycles. The van der Waals surface area contributed by atoms with E-state index in [9.17, 15) is 18.0 Å². The number of rotatable bonds is 4. The number of likely N-dealkylation sites (tertiary alicyclic amines) is 1. The zero-order chi connectivity index (χ0) is 22.3. The number of sulfonamides is 1. The maximum Gasteiger partial charge on any atom is 0.282 e. The Morgan fingerprint density at radius 2 is 1.45 bits per heavy atom. The Hall–Kier alpha value is -2.97. The Morgan fingerprint density at radius 3 is 2.00 bits per heavy atom. The van der Waals surface area contributed by atoms with Crippen molar-refractivity contribution >= 4 is 33.1 Å². The first kappa shape index (κ1) is 21.3. The van der Waals surface area contributed by atoms with Crippen molar-refractivity contribution in [2.45, 2.75) is 25.2 Å². The first-order valence-corrected chi connectivity index (χ1v) is 11.8. The lowest BCUT2D eigenvalue weighted by Gasteiger charge is -2.37. The fourth-order valence-electron chi connectivity index (χ4n) is 4.54. The van der Waals surface area contributed by atoms with Crippen LogP contribution in [0.4, 0.5) is 5.69 Å². The van der Waals surface area contributed by atoms with Gasteiger partial charge in [-0.05, 0) is 48.1 Å². The standard InChI is InChI=1S/C23H25N3O4S/c1-15-12-16(2)14-25(13-15)21-20(17-6-4-3-5-7-17)22(27)26(23(21)28)18-8-10-19(11-9-18)31(24,29)30/h3-11,15-16H,12-14H2,1-2H3,(H2,24,29,30). The molecule has 2 aromatic rings. The van der Waals surface area contributed by atoms with Gasteiger partial charge in [-0.15, -0.1) is 0 Å². The number of hydrogen-bond acceptors (Lipinski definition) is 5. The van der Waals surface area contributed by atoms with Crippen LogP contribution in [0.1, 0.15) is 25.8 Å². The van der Waals surface area contributed by atoms with Crippen LogP contribution in [-0.2, 0) is 19.6 Å². The van der Waals surface area contributed by atoms with Crippen molar-refractivity contribution in [3.8, 4) is 0 Å². The first-order valence-electron chi connectivity index (χ1n) is 10.2. The van der Waals surface area contributed by atoms with Crippen molar-refractivity contribution in [1.29, 1.82) is 0 Å². The normalized spacial score (nSPS) is 22.4. The molecule has 1 fully saturated rings. The van der Waals surface area contributed by atoms with E-state index in [-0.39, 0.29) is 4.90 Å². The molecule has 0 radical (unpaired) electrons. The molecule has 0 bridgehead atoms. The van der Waals surface area contributed by atoms with Crippen LogP contribution >= 0.6 is 0 Å². The van der Waals surface area contributed by atoms with E-state index in [1.807, 2.05) is 35.2 Å². The molecule has 31 heavy (non-hydrogen) atoms. The van der Waals surface area contributed by atoms with Crippen molar-refractivity contribution < 1.29 is 18.0 Å². The van der Waals surface area contributed by atoms with Gasteiger partial charge in [-0.25, -0.2) is 18.5 Å². The minimum atomic E-state index is -3.87. The van der Waals surface area contributed by atoms with Gasteiger partial charge >= 0.3 is 0 Å². The van der Waals surface area contributed by atoms with Gasteiger partial charge < -0.3 is 4.90 Å². The van der Waals surface area contributed by atoms with E-state index in [2.05, 4.69) is 13.8 Å². The molecule has 2 aromatic carbocycles. The molecule has 0 spiro atoms. The summed E-state index contributed by atoms with van der Waals surface area (Å²) in [6.45, 7) is 5.70. The Morgan fingerprint density at radius 1 is 0.871 bits per heavy atom. The van der Waals surface area contributed by atoms with Gasteiger partial charge in [0, 0.05) is 13.1 Å². The summed E-state index contributed by atoms with van der Waals surface area (Å²) < 4.78 is 23.1. The molecule has 2 unspecified atom stereocenters. The number of primary sulfonamides is 1. The number of carbonyl (C=O) groups is 2. The SMILES string of the molecule is CC1CC(C)CN(C2=C(c3ccccc3)C(=O)N(c3ccc(S(N)(=O)=O)cc3)C2=O)C1. The van der Waals surface area contributed by atoms with Crippen molar-refractivity contribution in [3.63, 3.8) is 0 Å². The quantitative estimate of drug-likeness (QED) is 0.738. The highest BCUT2D eigenvalue weighted by Crippen LogP contribution is 2.37. The third-order valence-electron chi connectivity index (χ3n) is 5.73. The van der Waals surface area contributed by atoms with E-state index in [1.54, 1.807) is 0 Å². The van der Waals surface area contributed by atoms with Gasteiger partial charge in [-0.1, -0.05) is 44.2 Å². The summed E-state index contributed by atoms with van der Waals surface area (Å²) >= 11 is 0. The molecule has 1 saturated heterocycles. The molecule has 2 aliphatic heterocycles. The van der Waals surface area contributed by atoms with E-state index in [4.69, 9.17) is 5.14 Å².